The van der Waals surface area contributed by atoms with E-state index in [1.807, 2.05) is 30.3 Å². The molecular weight excluding hydrogens is 319 g/mol. The highest BCUT2D eigenvalue weighted by atomic mass is 19.4. The fourth-order valence-corrected chi connectivity index (χ4v) is 2.68. The summed E-state index contributed by atoms with van der Waals surface area (Å²) in [6.45, 7) is 1.25. The van der Waals surface area contributed by atoms with Crippen molar-refractivity contribution in [2.75, 3.05) is 13.2 Å². The summed E-state index contributed by atoms with van der Waals surface area (Å²) in [7, 11) is 0. The lowest BCUT2D eigenvalue weighted by molar-refractivity contribution is -0.183. The summed E-state index contributed by atoms with van der Waals surface area (Å²) in [4.78, 5) is 0. The van der Waals surface area contributed by atoms with E-state index in [1.54, 1.807) is 6.07 Å². The summed E-state index contributed by atoms with van der Waals surface area (Å²) < 4.78 is 49.7. The Morgan fingerprint density at radius 2 is 1.88 bits per heavy atom. The van der Waals surface area contributed by atoms with Crippen LogP contribution < -0.4 is 5.32 Å². The molecule has 0 bridgehead atoms. The van der Waals surface area contributed by atoms with Crippen molar-refractivity contribution in [1.82, 2.24) is 5.32 Å². The normalized spacial score (nSPS) is 21.6. The Morgan fingerprint density at radius 1 is 1.08 bits per heavy atom. The van der Waals surface area contributed by atoms with Gasteiger partial charge in [-0.2, -0.15) is 13.2 Å². The maximum Gasteiger partial charge on any atom is 0.416 e. The quantitative estimate of drug-likeness (QED) is 0.918. The second kappa shape index (κ2) is 7.34. The molecular formula is C18H18F3NO2. The zero-order valence-electron chi connectivity index (χ0n) is 12.9. The van der Waals surface area contributed by atoms with Gasteiger partial charge in [0.25, 0.3) is 0 Å². The number of halogens is 3. The fourth-order valence-electron chi connectivity index (χ4n) is 2.68. The van der Waals surface area contributed by atoms with Crippen LogP contribution >= 0.6 is 0 Å². The van der Waals surface area contributed by atoms with Gasteiger partial charge in [-0.15, -0.1) is 0 Å². The molecule has 1 fully saturated rings. The van der Waals surface area contributed by atoms with E-state index in [0.29, 0.717) is 18.7 Å². The van der Waals surface area contributed by atoms with Crippen LogP contribution in [0.1, 0.15) is 22.7 Å². The van der Waals surface area contributed by atoms with Crippen molar-refractivity contribution in [1.29, 1.82) is 0 Å². The average Bonchev–Trinajstić information content (AvgIpc) is 2.60. The third-order valence-corrected chi connectivity index (χ3v) is 3.85. The van der Waals surface area contributed by atoms with Crippen molar-refractivity contribution in [3.05, 3.63) is 71.3 Å². The first-order valence-corrected chi connectivity index (χ1v) is 7.72. The molecule has 2 atom stereocenters. The Labute approximate surface area is 138 Å². The Hall–Kier alpha value is -1.89. The molecule has 1 N–H and O–H groups in total. The molecule has 1 aliphatic rings. The van der Waals surface area contributed by atoms with Gasteiger partial charge in [-0.1, -0.05) is 42.5 Å². The maximum absolute atomic E-state index is 12.8. The molecule has 0 amide bonds. The highest BCUT2D eigenvalue weighted by molar-refractivity contribution is 5.25. The smallest absolute Gasteiger partial charge is 0.349 e. The van der Waals surface area contributed by atoms with Gasteiger partial charge in [-0.3, -0.25) is 0 Å². The number of benzene rings is 2. The van der Waals surface area contributed by atoms with Gasteiger partial charge in [0.2, 0.25) is 0 Å². The average molecular weight is 337 g/mol. The molecule has 3 nitrogen and oxygen atoms in total. The molecule has 0 radical (unpaired) electrons. The number of hydrogen-bond donors (Lipinski definition) is 1. The number of morpholine rings is 1. The Bertz CT molecular complexity index is 661. The monoisotopic (exact) mass is 337 g/mol. The van der Waals surface area contributed by atoms with E-state index < -0.39 is 18.0 Å². The number of rotatable bonds is 4. The van der Waals surface area contributed by atoms with Crippen LogP contribution in [0.15, 0.2) is 54.6 Å². The first kappa shape index (κ1) is 17.0. The fraction of sp³-hybridized carbons (Fsp3) is 0.333. The molecule has 0 unspecified atom stereocenters. The van der Waals surface area contributed by atoms with E-state index >= 15 is 0 Å². The van der Waals surface area contributed by atoms with Gasteiger partial charge in [-0.25, -0.2) is 0 Å². The molecule has 1 aliphatic heterocycles. The Balaban J connectivity index is 1.68. The first-order chi connectivity index (χ1) is 11.5. The molecule has 24 heavy (non-hydrogen) atoms. The first-order valence-electron chi connectivity index (χ1n) is 7.72. The van der Waals surface area contributed by atoms with Crippen molar-refractivity contribution in [3.8, 4) is 0 Å². The summed E-state index contributed by atoms with van der Waals surface area (Å²) >= 11 is 0. The van der Waals surface area contributed by atoms with Crippen LogP contribution in [0.25, 0.3) is 0 Å². The van der Waals surface area contributed by atoms with E-state index in [9.17, 15) is 13.2 Å². The lowest BCUT2D eigenvalue weighted by atomic mass is 10.1. The van der Waals surface area contributed by atoms with E-state index in [0.717, 1.165) is 17.7 Å². The second-order valence-corrected chi connectivity index (χ2v) is 5.59. The molecule has 2 aromatic rings. The number of alkyl halides is 3. The standard InChI is InChI=1S/C18H18F3NO2/c19-18(20,21)15-8-4-5-13(11-15)12-24-17-16(22-9-10-23-17)14-6-2-1-3-7-14/h1-8,11,16-17,22H,9-10,12H2/t16-,17+/m0/s1. The van der Waals surface area contributed by atoms with Crippen LogP contribution in [0.2, 0.25) is 0 Å². The molecule has 0 aromatic heterocycles. The van der Waals surface area contributed by atoms with Crippen molar-refractivity contribution in [2.24, 2.45) is 0 Å². The van der Waals surface area contributed by atoms with Gasteiger partial charge in [0.1, 0.15) is 0 Å². The number of ether oxygens (including phenoxy) is 2. The van der Waals surface area contributed by atoms with E-state index in [2.05, 4.69) is 5.32 Å². The molecule has 1 saturated heterocycles. The minimum atomic E-state index is -4.36. The third kappa shape index (κ3) is 4.14. The van der Waals surface area contributed by atoms with Gasteiger partial charge < -0.3 is 14.8 Å². The predicted octanol–water partition coefficient (Wildman–Crippen LogP) is 3.91. The van der Waals surface area contributed by atoms with Crippen LogP contribution in [0.3, 0.4) is 0 Å². The van der Waals surface area contributed by atoms with E-state index in [1.165, 1.54) is 6.07 Å². The van der Waals surface area contributed by atoms with Gasteiger partial charge in [0, 0.05) is 6.54 Å². The maximum atomic E-state index is 12.8. The Kier molecular flexibility index (Phi) is 5.18. The second-order valence-electron chi connectivity index (χ2n) is 5.59. The van der Waals surface area contributed by atoms with Gasteiger partial charge in [0.15, 0.2) is 6.29 Å². The third-order valence-electron chi connectivity index (χ3n) is 3.85. The number of nitrogens with one attached hydrogen (secondary N) is 1. The lowest BCUT2D eigenvalue weighted by Gasteiger charge is -2.33. The summed E-state index contributed by atoms with van der Waals surface area (Å²) in [6.07, 6.45) is -4.90. The highest BCUT2D eigenvalue weighted by Crippen LogP contribution is 2.30. The van der Waals surface area contributed by atoms with Crippen LogP contribution in [-0.2, 0) is 22.3 Å². The van der Waals surface area contributed by atoms with Gasteiger partial charge >= 0.3 is 6.18 Å². The minimum absolute atomic E-state index is 0.0552. The van der Waals surface area contributed by atoms with E-state index in [-0.39, 0.29) is 12.6 Å². The van der Waals surface area contributed by atoms with E-state index in [4.69, 9.17) is 9.47 Å². The molecule has 2 aromatic carbocycles. The number of hydrogen-bond acceptors (Lipinski definition) is 3. The lowest BCUT2D eigenvalue weighted by Crippen LogP contribution is -2.43. The molecule has 0 spiro atoms. The van der Waals surface area contributed by atoms with Crippen molar-refractivity contribution < 1.29 is 22.6 Å². The largest absolute Gasteiger partial charge is 0.416 e. The molecule has 3 rings (SSSR count). The Morgan fingerprint density at radius 3 is 2.62 bits per heavy atom. The predicted molar refractivity (Wildman–Crippen MR) is 83.2 cm³/mol. The van der Waals surface area contributed by atoms with Crippen LogP contribution in [0.5, 0.6) is 0 Å². The zero-order valence-corrected chi connectivity index (χ0v) is 12.9. The summed E-state index contributed by atoms with van der Waals surface area (Å²) in [5, 5.41) is 3.33. The highest BCUT2D eigenvalue weighted by Gasteiger charge is 2.31. The van der Waals surface area contributed by atoms with Crippen LogP contribution in [-0.4, -0.2) is 19.4 Å². The van der Waals surface area contributed by atoms with Crippen molar-refractivity contribution in [3.63, 3.8) is 0 Å². The van der Waals surface area contributed by atoms with Gasteiger partial charge in [-0.05, 0) is 23.3 Å². The van der Waals surface area contributed by atoms with Gasteiger partial charge in [0.05, 0.1) is 24.8 Å². The topological polar surface area (TPSA) is 30.5 Å². The molecule has 0 aliphatic carbocycles. The van der Waals surface area contributed by atoms with Crippen molar-refractivity contribution >= 4 is 0 Å². The van der Waals surface area contributed by atoms with Crippen LogP contribution in [0, 0.1) is 0 Å². The summed E-state index contributed by atoms with van der Waals surface area (Å²) in [5.41, 5.74) is 0.808. The molecule has 6 heteroatoms. The molecule has 0 saturated carbocycles. The minimum Gasteiger partial charge on any atom is -0.349 e. The van der Waals surface area contributed by atoms with Crippen LogP contribution in [0.4, 0.5) is 13.2 Å². The summed E-state index contributed by atoms with van der Waals surface area (Å²) in [5.74, 6) is 0. The SMILES string of the molecule is FC(F)(F)c1cccc(CO[C@H]2OCCN[C@H]2c2ccccc2)c1. The molecule has 128 valence electrons. The summed E-state index contributed by atoms with van der Waals surface area (Å²) in [6, 6.07) is 14.7. The molecule has 1 heterocycles. The zero-order chi connectivity index (χ0) is 17.0. The van der Waals surface area contributed by atoms with Crippen molar-refractivity contribution in [2.45, 2.75) is 25.1 Å².